The van der Waals surface area contributed by atoms with E-state index >= 15 is 0 Å². The number of aromatic nitrogens is 2. The monoisotopic (exact) mass is 397 g/mol. The van der Waals surface area contributed by atoms with Crippen LogP contribution < -0.4 is 5.32 Å². The number of carbonyl (C=O) groups excluding carboxylic acids is 1. The van der Waals surface area contributed by atoms with Gasteiger partial charge in [-0.05, 0) is 23.3 Å². The van der Waals surface area contributed by atoms with Crippen molar-refractivity contribution in [1.82, 2.24) is 14.9 Å². The molecule has 28 heavy (non-hydrogen) atoms. The fourth-order valence-electron chi connectivity index (χ4n) is 2.99. The Morgan fingerprint density at radius 3 is 2.57 bits per heavy atom. The van der Waals surface area contributed by atoms with Gasteiger partial charge in [0.05, 0.1) is 5.75 Å². The van der Waals surface area contributed by atoms with Gasteiger partial charge in [-0.2, -0.15) is 0 Å². The van der Waals surface area contributed by atoms with E-state index in [1.54, 1.807) is 30.5 Å². The lowest BCUT2D eigenvalue weighted by molar-refractivity contribution is 0.0953. The van der Waals surface area contributed by atoms with E-state index in [2.05, 4.69) is 27.0 Å². The molecule has 7 heteroatoms. The van der Waals surface area contributed by atoms with Crippen LogP contribution in [0.15, 0.2) is 67.0 Å². The van der Waals surface area contributed by atoms with E-state index < -0.39 is 9.84 Å². The Labute approximate surface area is 165 Å². The number of benzene rings is 2. The minimum absolute atomic E-state index is 0.0783. The van der Waals surface area contributed by atoms with Crippen LogP contribution in [0.1, 0.15) is 27.3 Å². The number of rotatable bonds is 8. The second kappa shape index (κ2) is 8.84. The molecule has 0 radical (unpaired) electrons. The highest BCUT2D eigenvalue weighted by Crippen LogP contribution is 2.09. The van der Waals surface area contributed by atoms with Crippen LogP contribution >= 0.6 is 0 Å². The van der Waals surface area contributed by atoms with E-state index in [9.17, 15) is 13.2 Å². The van der Waals surface area contributed by atoms with E-state index in [1.165, 1.54) is 11.8 Å². The quantitative estimate of drug-likeness (QED) is 0.633. The average molecular weight is 398 g/mol. The Morgan fingerprint density at radius 2 is 1.82 bits per heavy atom. The minimum Gasteiger partial charge on any atom is -0.352 e. The van der Waals surface area contributed by atoms with Gasteiger partial charge in [-0.3, -0.25) is 4.79 Å². The molecule has 1 amide bonds. The lowest BCUT2D eigenvalue weighted by Crippen LogP contribution is -2.26. The second-order valence-corrected chi connectivity index (χ2v) is 8.87. The van der Waals surface area contributed by atoms with Crippen molar-refractivity contribution < 1.29 is 13.2 Å². The van der Waals surface area contributed by atoms with Crippen LogP contribution in [0.25, 0.3) is 0 Å². The summed E-state index contributed by atoms with van der Waals surface area (Å²) >= 11 is 0. The third-order valence-corrected chi connectivity index (χ3v) is 5.11. The molecule has 1 aromatic heterocycles. The summed E-state index contributed by atoms with van der Waals surface area (Å²) in [5.74, 6) is 0.594. The predicted octanol–water partition coefficient (Wildman–Crippen LogP) is 2.45. The first-order valence-corrected chi connectivity index (χ1v) is 11.1. The summed E-state index contributed by atoms with van der Waals surface area (Å²) < 4.78 is 24.9. The van der Waals surface area contributed by atoms with Crippen LogP contribution in [0, 0.1) is 0 Å². The van der Waals surface area contributed by atoms with Crippen molar-refractivity contribution in [2.24, 2.45) is 0 Å². The molecule has 0 unspecified atom stereocenters. The maximum Gasteiger partial charge on any atom is 0.251 e. The first-order chi connectivity index (χ1) is 13.4. The number of amides is 1. The highest BCUT2D eigenvalue weighted by atomic mass is 32.2. The standard InChI is InChI=1S/C21H23N3O3S/c1-28(26,27)16-18-8-5-9-19(14-18)21(25)23-11-10-20-22-12-13-24(20)15-17-6-3-2-4-7-17/h2-9,12-14H,10-11,15-16H2,1H3,(H,23,25). The summed E-state index contributed by atoms with van der Waals surface area (Å²) in [6.45, 7) is 1.18. The Bertz CT molecular complexity index is 1040. The van der Waals surface area contributed by atoms with E-state index in [-0.39, 0.29) is 11.7 Å². The summed E-state index contributed by atoms with van der Waals surface area (Å²) in [6, 6.07) is 16.8. The number of hydrogen-bond acceptors (Lipinski definition) is 4. The summed E-state index contributed by atoms with van der Waals surface area (Å²) in [6.07, 6.45) is 5.47. The molecule has 3 aromatic rings. The smallest absolute Gasteiger partial charge is 0.251 e. The van der Waals surface area contributed by atoms with Gasteiger partial charge in [0.25, 0.3) is 5.91 Å². The second-order valence-electron chi connectivity index (χ2n) is 6.73. The third kappa shape index (κ3) is 5.79. The van der Waals surface area contributed by atoms with Crippen LogP contribution in [0.3, 0.4) is 0 Å². The van der Waals surface area contributed by atoms with Gasteiger partial charge in [-0.25, -0.2) is 13.4 Å². The molecule has 2 aromatic carbocycles. The zero-order valence-corrected chi connectivity index (χ0v) is 16.5. The Hall–Kier alpha value is -2.93. The molecule has 0 bridgehead atoms. The molecule has 0 aliphatic rings. The molecule has 0 aliphatic heterocycles. The van der Waals surface area contributed by atoms with Gasteiger partial charge in [0.15, 0.2) is 9.84 Å². The molecule has 0 atom stereocenters. The maximum absolute atomic E-state index is 12.4. The van der Waals surface area contributed by atoms with E-state index in [4.69, 9.17) is 0 Å². The molecular formula is C21H23N3O3S. The average Bonchev–Trinajstić information content (AvgIpc) is 3.08. The van der Waals surface area contributed by atoms with Crippen molar-refractivity contribution in [2.75, 3.05) is 12.8 Å². The summed E-state index contributed by atoms with van der Waals surface area (Å²) in [4.78, 5) is 16.8. The maximum atomic E-state index is 12.4. The Morgan fingerprint density at radius 1 is 1.07 bits per heavy atom. The number of sulfone groups is 1. The third-order valence-electron chi connectivity index (χ3n) is 4.25. The Balaban J connectivity index is 1.57. The zero-order chi connectivity index (χ0) is 20.0. The van der Waals surface area contributed by atoms with Gasteiger partial charge in [0.1, 0.15) is 5.82 Å². The topological polar surface area (TPSA) is 81.1 Å². The molecule has 0 fully saturated rings. The summed E-state index contributed by atoms with van der Waals surface area (Å²) in [5, 5.41) is 2.88. The summed E-state index contributed by atoms with van der Waals surface area (Å²) in [7, 11) is -3.14. The minimum atomic E-state index is -3.14. The number of hydrogen-bond donors (Lipinski definition) is 1. The first-order valence-electron chi connectivity index (χ1n) is 8.99. The van der Waals surface area contributed by atoms with Crippen LogP contribution in [-0.4, -0.2) is 36.7 Å². The van der Waals surface area contributed by atoms with Crippen molar-refractivity contribution in [3.8, 4) is 0 Å². The van der Waals surface area contributed by atoms with E-state index in [1.807, 2.05) is 24.4 Å². The van der Waals surface area contributed by atoms with Crippen LogP contribution in [0.2, 0.25) is 0 Å². The van der Waals surface area contributed by atoms with Gasteiger partial charge in [0.2, 0.25) is 0 Å². The fraction of sp³-hybridized carbons (Fsp3) is 0.238. The normalized spacial score (nSPS) is 11.3. The van der Waals surface area contributed by atoms with Crippen LogP contribution in [0.4, 0.5) is 0 Å². The molecule has 0 saturated carbocycles. The number of imidazole rings is 1. The van der Waals surface area contributed by atoms with Crippen molar-refractivity contribution in [1.29, 1.82) is 0 Å². The lowest BCUT2D eigenvalue weighted by atomic mass is 10.1. The number of carbonyl (C=O) groups is 1. The summed E-state index contributed by atoms with van der Waals surface area (Å²) in [5.41, 5.74) is 2.25. The van der Waals surface area contributed by atoms with Crippen molar-refractivity contribution in [3.05, 3.63) is 89.5 Å². The lowest BCUT2D eigenvalue weighted by Gasteiger charge is -2.09. The Kier molecular flexibility index (Phi) is 6.26. The largest absolute Gasteiger partial charge is 0.352 e. The van der Waals surface area contributed by atoms with Gasteiger partial charge in [-0.15, -0.1) is 0 Å². The highest BCUT2D eigenvalue weighted by molar-refractivity contribution is 7.89. The molecule has 1 N–H and O–H groups in total. The SMILES string of the molecule is CS(=O)(=O)Cc1cccc(C(=O)NCCc2nccn2Cc2ccccc2)c1. The molecule has 1 heterocycles. The molecule has 0 aliphatic carbocycles. The van der Waals surface area contributed by atoms with Gasteiger partial charge in [0, 0.05) is 43.7 Å². The van der Waals surface area contributed by atoms with Crippen molar-refractivity contribution in [2.45, 2.75) is 18.7 Å². The molecule has 3 rings (SSSR count). The van der Waals surface area contributed by atoms with Crippen molar-refractivity contribution in [3.63, 3.8) is 0 Å². The number of nitrogens with zero attached hydrogens (tertiary/aromatic N) is 2. The molecule has 0 saturated heterocycles. The molecule has 146 valence electrons. The van der Waals surface area contributed by atoms with Gasteiger partial charge >= 0.3 is 0 Å². The fourth-order valence-corrected chi connectivity index (χ4v) is 3.77. The van der Waals surface area contributed by atoms with Gasteiger partial charge < -0.3 is 9.88 Å². The predicted molar refractivity (Wildman–Crippen MR) is 109 cm³/mol. The van der Waals surface area contributed by atoms with Crippen LogP contribution in [-0.2, 0) is 28.6 Å². The molecular weight excluding hydrogens is 374 g/mol. The van der Waals surface area contributed by atoms with E-state index in [0.717, 1.165) is 12.4 Å². The zero-order valence-electron chi connectivity index (χ0n) is 15.7. The highest BCUT2D eigenvalue weighted by Gasteiger charge is 2.10. The van der Waals surface area contributed by atoms with Crippen LogP contribution in [0.5, 0.6) is 0 Å². The van der Waals surface area contributed by atoms with E-state index in [0.29, 0.717) is 24.1 Å². The molecule has 6 nitrogen and oxygen atoms in total. The van der Waals surface area contributed by atoms with Gasteiger partial charge in [-0.1, -0.05) is 42.5 Å². The molecule has 0 spiro atoms. The number of nitrogens with one attached hydrogen (secondary N) is 1. The van der Waals surface area contributed by atoms with Crippen molar-refractivity contribution >= 4 is 15.7 Å². The first kappa shape index (κ1) is 19.8.